The molecule has 0 radical (unpaired) electrons. The van der Waals surface area contributed by atoms with Crippen LogP contribution in [0.5, 0.6) is 0 Å². The number of ether oxygens (including phenoxy) is 1. The zero-order chi connectivity index (χ0) is 29.4. The van der Waals surface area contributed by atoms with Gasteiger partial charge in [-0.2, -0.15) is 30.7 Å². The normalized spacial score (nSPS) is 21.8. The molecule has 1 amide bonds. The lowest BCUT2D eigenvalue weighted by molar-refractivity contribution is -0.193. The molecule has 4 heterocycles. The smallest absolute Gasteiger partial charge is 0.475 e. The summed E-state index contributed by atoms with van der Waals surface area (Å²) >= 11 is 0. The van der Waals surface area contributed by atoms with Crippen LogP contribution in [0.25, 0.3) is 0 Å². The van der Waals surface area contributed by atoms with Crippen molar-refractivity contribution in [1.82, 2.24) is 19.7 Å². The van der Waals surface area contributed by atoms with Crippen molar-refractivity contribution in [3.05, 3.63) is 29.8 Å². The van der Waals surface area contributed by atoms with Crippen LogP contribution < -0.4 is 0 Å². The summed E-state index contributed by atoms with van der Waals surface area (Å²) in [4.78, 5) is 40.7. The van der Waals surface area contributed by atoms with Crippen LogP contribution in [0.2, 0.25) is 0 Å². The second kappa shape index (κ2) is 13.8. The molecule has 2 atom stereocenters. The molecule has 0 aliphatic carbocycles. The number of halogens is 7. The number of carbonyl (C=O) groups is 3. The molecule has 220 valence electrons. The van der Waals surface area contributed by atoms with Gasteiger partial charge in [-0.05, 0) is 32.0 Å². The first kappa shape index (κ1) is 32.2. The van der Waals surface area contributed by atoms with Crippen LogP contribution in [0.4, 0.5) is 30.7 Å². The predicted octanol–water partition coefficient (Wildman–Crippen LogP) is 2.11. The Kier molecular flexibility index (Phi) is 11.4. The van der Waals surface area contributed by atoms with E-state index in [0.29, 0.717) is 25.3 Å². The van der Waals surface area contributed by atoms with Gasteiger partial charge in [-0.15, -0.1) is 0 Å². The molecule has 4 rings (SSSR count). The molecule has 10 nitrogen and oxygen atoms in total. The number of nitrogens with zero attached hydrogens (tertiary/aromatic N) is 4. The molecule has 0 unspecified atom stereocenters. The molecule has 3 aliphatic heterocycles. The number of alkyl halides is 6. The molecule has 2 N–H and O–H groups in total. The second-order valence-electron chi connectivity index (χ2n) is 8.74. The van der Waals surface area contributed by atoms with Gasteiger partial charge in [0.05, 0.1) is 18.8 Å². The van der Waals surface area contributed by atoms with Gasteiger partial charge < -0.3 is 24.7 Å². The van der Waals surface area contributed by atoms with Gasteiger partial charge in [0, 0.05) is 50.6 Å². The van der Waals surface area contributed by atoms with Crippen molar-refractivity contribution in [3.63, 3.8) is 0 Å². The van der Waals surface area contributed by atoms with Gasteiger partial charge in [-0.3, -0.25) is 9.69 Å². The number of carboxylic acids is 2. The number of aliphatic carboxylic acids is 2. The average molecular weight is 576 g/mol. The molecule has 3 saturated heterocycles. The first-order valence-corrected chi connectivity index (χ1v) is 11.7. The number of hydrogen-bond acceptors (Lipinski definition) is 7. The van der Waals surface area contributed by atoms with Crippen LogP contribution in [0.15, 0.2) is 18.3 Å². The number of carboxylic acid groups (broad SMARTS) is 2. The van der Waals surface area contributed by atoms with Gasteiger partial charge in [-0.25, -0.2) is 14.6 Å². The highest BCUT2D eigenvalue weighted by molar-refractivity contribution is 5.94. The van der Waals surface area contributed by atoms with E-state index in [2.05, 4.69) is 14.8 Å². The van der Waals surface area contributed by atoms with Crippen molar-refractivity contribution in [1.29, 1.82) is 0 Å². The fourth-order valence-corrected chi connectivity index (χ4v) is 4.20. The largest absolute Gasteiger partial charge is 0.490 e. The Labute approximate surface area is 217 Å². The summed E-state index contributed by atoms with van der Waals surface area (Å²) in [5.74, 6) is -6.27. The van der Waals surface area contributed by atoms with Crippen LogP contribution in [0.3, 0.4) is 0 Å². The molecule has 1 aromatic rings. The summed E-state index contributed by atoms with van der Waals surface area (Å²) in [6, 6.07) is 3.02. The molecule has 0 aromatic carbocycles. The number of aromatic nitrogens is 1. The zero-order valence-electron chi connectivity index (χ0n) is 20.4. The van der Waals surface area contributed by atoms with Crippen molar-refractivity contribution in [2.75, 3.05) is 52.4 Å². The molecule has 0 saturated carbocycles. The van der Waals surface area contributed by atoms with E-state index in [9.17, 15) is 35.5 Å². The minimum atomic E-state index is -5.08. The number of pyridine rings is 1. The van der Waals surface area contributed by atoms with Crippen LogP contribution in [0.1, 0.15) is 23.2 Å². The number of morpholine rings is 1. The fourth-order valence-electron chi connectivity index (χ4n) is 4.20. The van der Waals surface area contributed by atoms with Gasteiger partial charge in [0.15, 0.2) is 0 Å². The van der Waals surface area contributed by atoms with Crippen molar-refractivity contribution in [2.24, 2.45) is 0 Å². The third-order valence-corrected chi connectivity index (χ3v) is 6.06. The minimum Gasteiger partial charge on any atom is -0.475 e. The van der Waals surface area contributed by atoms with Crippen molar-refractivity contribution in [2.45, 2.75) is 37.3 Å². The Hall–Kier alpha value is -3.05. The number of fused-ring (bicyclic) bond motifs is 1. The highest BCUT2D eigenvalue weighted by Gasteiger charge is 2.42. The Morgan fingerprint density at radius 3 is 2.03 bits per heavy atom. The average Bonchev–Trinajstić information content (AvgIpc) is 3.52. The van der Waals surface area contributed by atoms with Gasteiger partial charge in [0.1, 0.15) is 0 Å². The van der Waals surface area contributed by atoms with Gasteiger partial charge in [0.25, 0.3) is 5.91 Å². The standard InChI is InChI=1S/C18H25FN4O2.2C2HF3O2/c19-17-11-14(3-4-20-17)18(24)23-12-15-16(13-23)25-10-9-22(15)8-7-21-5-1-2-6-21;2*3-2(4,5)1(6)7/h3-4,11,15-16H,1-2,5-10,12-13H2;2*(H,6,7)/t15-,16+;;/m1../s1. The minimum absolute atomic E-state index is 0.0583. The second-order valence-corrected chi connectivity index (χ2v) is 8.74. The lowest BCUT2D eigenvalue weighted by Crippen LogP contribution is -2.52. The third-order valence-electron chi connectivity index (χ3n) is 6.06. The van der Waals surface area contributed by atoms with E-state index in [1.54, 1.807) is 11.0 Å². The first-order valence-electron chi connectivity index (χ1n) is 11.7. The van der Waals surface area contributed by atoms with E-state index in [1.807, 2.05) is 0 Å². The summed E-state index contributed by atoms with van der Waals surface area (Å²) < 4.78 is 82.7. The maximum Gasteiger partial charge on any atom is 0.490 e. The van der Waals surface area contributed by atoms with E-state index < -0.39 is 30.2 Å². The fraction of sp³-hybridized carbons (Fsp3) is 0.636. The van der Waals surface area contributed by atoms with E-state index >= 15 is 0 Å². The quantitative estimate of drug-likeness (QED) is 0.410. The maximum absolute atomic E-state index is 13.3. The van der Waals surface area contributed by atoms with Crippen molar-refractivity contribution < 1.29 is 60.1 Å². The summed E-state index contributed by atoms with van der Waals surface area (Å²) in [6.45, 7) is 7.38. The van der Waals surface area contributed by atoms with E-state index in [0.717, 1.165) is 19.6 Å². The van der Waals surface area contributed by atoms with Gasteiger partial charge in [0.2, 0.25) is 5.95 Å². The number of amides is 1. The first-order chi connectivity index (χ1) is 18.1. The van der Waals surface area contributed by atoms with E-state index in [4.69, 9.17) is 24.5 Å². The van der Waals surface area contributed by atoms with Crippen molar-refractivity contribution >= 4 is 17.8 Å². The number of likely N-dealkylation sites (tertiary alicyclic amines) is 2. The molecule has 3 fully saturated rings. The topological polar surface area (TPSA) is 124 Å². The summed E-state index contributed by atoms with van der Waals surface area (Å²) in [6.07, 6.45) is -6.16. The van der Waals surface area contributed by atoms with E-state index in [1.165, 1.54) is 38.2 Å². The Bertz CT molecular complexity index is 964. The molecule has 0 spiro atoms. The molecular formula is C22H27F7N4O6. The Morgan fingerprint density at radius 2 is 1.51 bits per heavy atom. The maximum atomic E-state index is 13.3. The van der Waals surface area contributed by atoms with E-state index in [-0.39, 0.29) is 18.1 Å². The highest BCUT2D eigenvalue weighted by Crippen LogP contribution is 2.24. The molecule has 3 aliphatic rings. The number of carbonyl (C=O) groups excluding carboxylic acids is 1. The molecule has 17 heteroatoms. The lowest BCUT2D eigenvalue weighted by atomic mass is 10.1. The summed E-state index contributed by atoms with van der Waals surface area (Å²) in [5, 5.41) is 14.2. The van der Waals surface area contributed by atoms with Crippen molar-refractivity contribution in [3.8, 4) is 0 Å². The third kappa shape index (κ3) is 10.2. The monoisotopic (exact) mass is 576 g/mol. The van der Waals surface area contributed by atoms with Crippen LogP contribution in [-0.4, -0.2) is 125 Å². The summed E-state index contributed by atoms with van der Waals surface area (Å²) in [5.41, 5.74) is 0.356. The highest BCUT2D eigenvalue weighted by atomic mass is 19.4. The number of rotatable bonds is 4. The molecule has 0 bridgehead atoms. The Balaban J connectivity index is 0.000000317. The van der Waals surface area contributed by atoms with Crippen LogP contribution in [-0.2, 0) is 14.3 Å². The van der Waals surface area contributed by atoms with Crippen LogP contribution >= 0.6 is 0 Å². The summed E-state index contributed by atoms with van der Waals surface area (Å²) in [7, 11) is 0. The molecular weight excluding hydrogens is 549 g/mol. The van der Waals surface area contributed by atoms with Gasteiger partial charge >= 0.3 is 24.3 Å². The molecule has 39 heavy (non-hydrogen) atoms. The molecule has 1 aromatic heterocycles. The SMILES string of the molecule is O=C(O)C(F)(F)F.O=C(O)C(F)(F)F.O=C(c1ccnc(F)c1)N1C[C@@H]2OCCN(CCN3CCCC3)[C@@H]2C1. The predicted molar refractivity (Wildman–Crippen MR) is 118 cm³/mol. The van der Waals surface area contributed by atoms with Crippen LogP contribution in [0, 0.1) is 5.95 Å². The van der Waals surface area contributed by atoms with Gasteiger partial charge in [-0.1, -0.05) is 0 Å². The number of hydrogen-bond donors (Lipinski definition) is 2. The lowest BCUT2D eigenvalue weighted by Gasteiger charge is -2.37. The zero-order valence-corrected chi connectivity index (χ0v) is 20.4. The Morgan fingerprint density at radius 1 is 0.949 bits per heavy atom.